The summed E-state index contributed by atoms with van der Waals surface area (Å²) in [6, 6.07) is 15.1. The molecule has 4 rings (SSSR count). The molecule has 2 aromatic carbocycles. The van der Waals surface area contributed by atoms with Crippen LogP contribution in [0.3, 0.4) is 0 Å². The smallest absolute Gasteiger partial charge is 0.339 e. The number of methoxy groups -OCH3 is 1. The molecule has 0 radical (unpaired) electrons. The Morgan fingerprint density at radius 3 is 2.24 bits per heavy atom. The molecule has 1 aliphatic carbocycles. The molecule has 1 aliphatic heterocycles. The Morgan fingerprint density at radius 2 is 1.56 bits per heavy atom. The summed E-state index contributed by atoms with van der Waals surface area (Å²) in [6.45, 7) is 2.08. The molecule has 0 saturated heterocycles. The maximum atomic E-state index is 12.6. The molecular formula is C21H16O4. The zero-order valence-corrected chi connectivity index (χ0v) is 14.0. The molecule has 0 saturated carbocycles. The van der Waals surface area contributed by atoms with Crippen LogP contribution in [0, 0.1) is 0 Å². The Morgan fingerprint density at radius 1 is 0.960 bits per heavy atom. The van der Waals surface area contributed by atoms with Crippen molar-refractivity contribution in [2.45, 2.75) is 6.92 Å². The van der Waals surface area contributed by atoms with Gasteiger partial charge < -0.3 is 9.47 Å². The third-order valence-electron chi connectivity index (χ3n) is 4.74. The summed E-state index contributed by atoms with van der Waals surface area (Å²) in [5.41, 5.74) is 5.88. The maximum absolute atomic E-state index is 12.6. The van der Waals surface area contributed by atoms with E-state index in [1.54, 1.807) is 0 Å². The number of esters is 2. The fraction of sp³-hybridized carbons (Fsp3) is 0.143. The number of carbonyl (C=O) groups excluding carboxylic acids is 2. The number of fused-ring (bicyclic) bond motifs is 4. The van der Waals surface area contributed by atoms with Crippen LogP contribution < -0.4 is 0 Å². The molecule has 0 fully saturated rings. The fourth-order valence-electron chi connectivity index (χ4n) is 3.58. The average Bonchev–Trinajstić information content (AvgIpc) is 3.02. The van der Waals surface area contributed by atoms with Gasteiger partial charge in [-0.25, -0.2) is 9.59 Å². The monoisotopic (exact) mass is 332 g/mol. The fourth-order valence-corrected chi connectivity index (χ4v) is 3.58. The Labute approximate surface area is 145 Å². The first-order valence-electron chi connectivity index (χ1n) is 8.02. The molecule has 124 valence electrons. The molecule has 0 atom stereocenters. The van der Waals surface area contributed by atoms with Crippen molar-refractivity contribution in [3.63, 3.8) is 0 Å². The van der Waals surface area contributed by atoms with Crippen LogP contribution in [0.15, 0.2) is 48.5 Å². The minimum Gasteiger partial charge on any atom is -0.465 e. The van der Waals surface area contributed by atoms with Gasteiger partial charge in [0, 0.05) is 5.57 Å². The number of hydrogen-bond acceptors (Lipinski definition) is 4. The van der Waals surface area contributed by atoms with E-state index in [0.717, 1.165) is 33.4 Å². The molecule has 0 aromatic heterocycles. The van der Waals surface area contributed by atoms with Crippen LogP contribution in [-0.4, -0.2) is 25.7 Å². The summed E-state index contributed by atoms with van der Waals surface area (Å²) in [5.74, 6) is -0.722. The summed E-state index contributed by atoms with van der Waals surface area (Å²) < 4.78 is 10.4. The van der Waals surface area contributed by atoms with Crippen LogP contribution >= 0.6 is 0 Å². The number of ether oxygens (including phenoxy) is 2. The SMILES string of the molecule is COC(=O)/C1=C(\C)c2ccccc2C2=C(COC2=O)c2ccccc21. The number of carbonyl (C=O) groups is 2. The second-order valence-electron chi connectivity index (χ2n) is 6.01. The highest BCUT2D eigenvalue weighted by molar-refractivity contribution is 6.32. The summed E-state index contributed by atoms with van der Waals surface area (Å²) in [7, 11) is 1.38. The molecule has 1 heterocycles. The van der Waals surface area contributed by atoms with Crippen molar-refractivity contribution >= 4 is 34.2 Å². The molecule has 4 heteroatoms. The lowest BCUT2D eigenvalue weighted by atomic mass is 9.82. The van der Waals surface area contributed by atoms with Gasteiger partial charge in [0.25, 0.3) is 0 Å². The minimum atomic E-state index is -0.394. The van der Waals surface area contributed by atoms with Crippen molar-refractivity contribution < 1.29 is 19.1 Å². The Hall–Kier alpha value is -3.14. The van der Waals surface area contributed by atoms with Crippen LogP contribution in [0.25, 0.3) is 22.3 Å². The van der Waals surface area contributed by atoms with E-state index in [4.69, 9.17) is 9.47 Å². The quantitative estimate of drug-likeness (QED) is 0.749. The molecule has 25 heavy (non-hydrogen) atoms. The van der Waals surface area contributed by atoms with Crippen LogP contribution in [0.2, 0.25) is 0 Å². The first-order chi connectivity index (χ1) is 12.1. The number of benzene rings is 2. The van der Waals surface area contributed by atoms with E-state index >= 15 is 0 Å². The van der Waals surface area contributed by atoms with Crippen LogP contribution in [-0.2, 0) is 19.1 Å². The van der Waals surface area contributed by atoms with E-state index in [0.29, 0.717) is 11.1 Å². The van der Waals surface area contributed by atoms with Gasteiger partial charge in [0.2, 0.25) is 0 Å². The third kappa shape index (κ3) is 2.22. The van der Waals surface area contributed by atoms with Gasteiger partial charge in [0.15, 0.2) is 0 Å². The second-order valence-corrected chi connectivity index (χ2v) is 6.01. The second kappa shape index (κ2) is 5.74. The zero-order valence-electron chi connectivity index (χ0n) is 14.0. The van der Waals surface area contributed by atoms with Crippen molar-refractivity contribution in [2.24, 2.45) is 0 Å². The zero-order chi connectivity index (χ0) is 17.6. The molecule has 0 bridgehead atoms. The van der Waals surface area contributed by atoms with Gasteiger partial charge >= 0.3 is 11.9 Å². The molecule has 2 aliphatic rings. The van der Waals surface area contributed by atoms with Gasteiger partial charge in [0.1, 0.15) is 6.61 Å². The highest BCUT2D eigenvalue weighted by Gasteiger charge is 2.34. The largest absolute Gasteiger partial charge is 0.465 e. The van der Waals surface area contributed by atoms with Crippen molar-refractivity contribution in [3.05, 3.63) is 70.8 Å². The molecule has 2 aromatic rings. The van der Waals surface area contributed by atoms with Crippen molar-refractivity contribution in [1.29, 1.82) is 0 Å². The Bertz CT molecular complexity index is 979. The van der Waals surface area contributed by atoms with Crippen molar-refractivity contribution in [3.8, 4) is 0 Å². The molecule has 0 spiro atoms. The average molecular weight is 332 g/mol. The van der Waals surface area contributed by atoms with Crippen molar-refractivity contribution in [2.75, 3.05) is 13.7 Å². The van der Waals surface area contributed by atoms with Crippen LogP contribution in [0.1, 0.15) is 29.2 Å². The van der Waals surface area contributed by atoms with Crippen LogP contribution in [0.4, 0.5) is 0 Å². The van der Waals surface area contributed by atoms with E-state index in [1.165, 1.54) is 7.11 Å². The van der Waals surface area contributed by atoms with E-state index < -0.39 is 5.97 Å². The Kier molecular flexibility index (Phi) is 3.53. The lowest BCUT2D eigenvalue weighted by Gasteiger charge is -2.20. The summed E-state index contributed by atoms with van der Waals surface area (Å²) in [4.78, 5) is 25.0. The standard InChI is InChI=1S/C21H16O4/c1-12-13-7-3-5-9-15(13)19-17(11-25-21(19)23)14-8-4-6-10-16(14)18(12)20(22)24-2/h3-10H,11H2,1-2H3/b13-12?,17-14?,18-12+,18-16?,19-15?. The van der Waals surface area contributed by atoms with Gasteiger partial charge in [0.05, 0.1) is 18.3 Å². The topological polar surface area (TPSA) is 52.6 Å². The van der Waals surface area contributed by atoms with Gasteiger partial charge in [-0.1, -0.05) is 48.5 Å². The highest BCUT2D eigenvalue weighted by atomic mass is 16.5. The third-order valence-corrected chi connectivity index (χ3v) is 4.74. The predicted octanol–water partition coefficient (Wildman–Crippen LogP) is 3.57. The van der Waals surface area contributed by atoms with E-state index in [1.807, 2.05) is 55.5 Å². The number of hydrogen-bond donors (Lipinski definition) is 0. The molecule has 0 N–H and O–H groups in total. The van der Waals surface area contributed by atoms with Crippen molar-refractivity contribution in [1.82, 2.24) is 0 Å². The van der Waals surface area contributed by atoms with Gasteiger partial charge in [-0.15, -0.1) is 0 Å². The van der Waals surface area contributed by atoms with E-state index in [9.17, 15) is 9.59 Å². The highest BCUT2D eigenvalue weighted by Crippen LogP contribution is 2.43. The van der Waals surface area contributed by atoms with E-state index in [-0.39, 0.29) is 12.6 Å². The maximum Gasteiger partial charge on any atom is 0.339 e. The number of allylic oxidation sites excluding steroid dienone is 1. The number of rotatable bonds is 1. The lowest BCUT2D eigenvalue weighted by Crippen LogP contribution is -2.11. The first-order valence-corrected chi connectivity index (χ1v) is 8.02. The summed E-state index contributed by atoms with van der Waals surface area (Å²) in [6.07, 6.45) is 0. The first kappa shape index (κ1) is 15.4. The summed E-state index contributed by atoms with van der Waals surface area (Å²) in [5, 5.41) is 0. The van der Waals surface area contributed by atoms with Gasteiger partial charge in [-0.2, -0.15) is 0 Å². The number of cyclic esters (lactones) is 1. The molecule has 0 unspecified atom stereocenters. The predicted molar refractivity (Wildman–Crippen MR) is 95.2 cm³/mol. The normalized spacial score (nSPS) is 18.6. The van der Waals surface area contributed by atoms with Gasteiger partial charge in [-0.3, -0.25) is 0 Å². The van der Waals surface area contributed by atoms with Crippen LogP contribution in [0.5, 0.6) is 0 Å². The van der Waals surface area contributed by atoms with Gasteiger partial charge in [-0.05, 0) is 34.8 Å². The molecule has 4 nitrogen and oxygen atoms in total. The summed E-state index contributed by atoms with van der Waals surface area (Å²) >= 11 is 0. The minimum absolute atomic E-state index is 0.201. The molecule has 0 amide bonds. The lowest BCUT2D eigenvalue weighted by molar-refractivity contribution is -0.134. The Balaban J connectivity index is 2.17. The molecular weight excluding hydrogens is 316 g/mol. The van der Waals surface area contributed by atoms with E-state index in [2.05, 4.69) is 0 Å².